The normalized spacial score (nSPS) is 34.8. The first kappa shape index (κ1) is 24.7. The number of benzene rings is 1. The molecule has 186 valence electrons. The maximum absolute atomic E-state index is 13.9. The Balaban J connectivity index is 1.78. The van der Waals surface area contributed by atoms with Gasteiger partial charge >= 0.3 is 0 Å². The summed E-state index contributed by atoms with van der Waals surface area (Å²) < 4.78 is 6.65. The van der Waals surface area contributed by atoms with Crippen LogP contribution in [0.25, 0.3) is 0 Å². The predicted octanol–water partition coefficient (Wildman–Crippen LogP) is 2.16. The third-order valence-corrected chi connectivity index (χ3v) is 8.22. The van der Waals surface area contributed by atoms with E-state index < -0.39 is 35.1 Å². The molecule has 3 saturated heterocycles. The Labute approximate surface area is 201 Å². The van der Waals surface area contributed by atoms with Crippen molar-refractivity contribution in [3.05, 3.63) is 29.3 Å². The first-order chi connectivity index (χ1) is 16.0. The average molecular weight is 472 g/mol. The summed E-state index contributed by atoms with van der Waals surface area (Å²) in [5.41, 5.74) is 0.632. The van der Waals surface area contributed by atoms with E-state index in [0.29, 0.717) is 18.7 Å². The number of aryl methyl sites for hydroxylation is 2. The molecule has 1 spiro atoms. The molecule has 0 aromatic heterocycles. The fourth-order valence-electron chi connectivity index (χ4n) is 6.37. The van der Waals surface area contributed by atoms with Crippen molar-refractivity contribution in [2.45, 2.75) is 77.7 Å². The second-order valence-electron chi connectivity index (χ2n) is 10.6. The first-order valence-electron chi connectivity index (χ1n) is 12.3. The van der Waals surface area contributed by atoms with Gasteiger partial charge in [0.15, 0.2) is 0 Å². The van der Waals surface area contributed by atoms with E-state index >= 15 is 0 Å². The third-order valence-electron chi connectivity index (χ3n) is 8.22. The fraction of sp³-hybridized carbons (Fsp3) is 0.654. The third kappa shape index (κ3) is 3.45. The average Bonchev–Trinajstić information content (AvgIpc) is 3.30. The molecule has 2 bridgehead atoms. The highest BCUT2D eigenvalue weighted by Gasteiger charge is 2.80. The molecule has 7 atom stereocenters. The van der Waals surface area contributed by atoms with Crippen LogP contribution in [0.3, 0.4) is 0 Å². The minimum Gasteiger partial charge on any atom is -0.394 e. The van der Waals surface area contributed by atoms with Crippen molar-refractivity contribution in [3.8, 4) is 0 Å². The van der Waals surface area contributed by atoms with Crippen molar-refractivity contribution in [1.29, 1.82) is 0 Å². The number of hydrogen-bond acceptors (Lipinski definition) is 5. The number of ether oxygens (including phenoxy) is 1. The Hall–Kier alpha value is -2.45. The molecule has 34 heavy (non-hydrogen) atoms. The van der Waals surface area contributed by atoms with Crippen molar-refractivity contribution in [3.63, 3.8) is 0 Å². The second-order valence-corrected chi connectivity index (χ2v) is 10.6. The number of carbonyl (C=O) groups excluding carboxylic acids is 3. The van der Waals surface area contributed by atoms with Gasteiger partial charge < -0.3 is 25.4 Å². The van der Waals surface area contributed by atoms with Crippen LogP contribution in [0.2, 0.25) is 0 Å². The molecule has 3 N–H and O–H groups in total. The van der Waals surface area contributed by atoms with Gasteiger partial charge in [0.25, 0.3) is 0 Å². The zero-order valence-electron chi connectivity index (χ0n) is 21.0. The van der Waals surface area contributed by atoms with E-state index in [2.05, 4.69) is 10.6 Å². The molecule has 8 heteroatoms. The second kappa shape index (κ2) is 8.64. The Morgan fingerprint density at radius 1 is 1.29 bits per heavy atom. The molecule has 0 aliphatic carbocycles. The monoisotopic (exact) mass is 471 g/mol. The van der Waals surface area contributed by atoms with Crippen molar-refractivity contribution >= 4 is 23.4 Å². The lowest BCUT2D eigenvalue weighted by Crippen LogP contribution is -2.56. The summed E-state index contributed by atoms with van der Waals surface area (Å²) in [7, 11) is 0. The molecular formula is C26H37N3O5. The number of amides is 3. The summed E-state index contributed by atoms with van der Waals surface area (Å²) >= 11 is 0. The van der Waals surface area contributed by atoms with Crippen LogP contribution in [0, 0.1) is 31.6 Å². The highest BCUT2D eigenvalue weighted by Crippen LogP contribution is 2.65. The molecule has 3 unspecified atom stereocenters. The van der Waals surface area contributed by atoms with Gasteiger partial charge in [0, 0.05) is 12.2 Å². The molecule has 3 heterocycles. The molecule has 3 fully saturated rings. The molecule has 3 aliphatic heterocycles. The molecule has 1 aromatic rings. The van der Waals surface area contributed by atoms with Gasteiger partial charge in [-0.25, -0.2) is 0 Å². The zero-order valence-corrected chi connectivity index (χ0v) is 21.0. The van der Waals surface area contributed by atoms with Gasteiger partial charge in [-0.15, -0.1) is 0 Å². The number of hydrogen-bond donors (Lipinski definition) is 3. The number of carbonyl (C=O) groups is 3. The molecule has 1 aromatic carbocycles. The van der Waals surface area contributed by atoms with Gasteiger partial charge in [-0.1, -0.05) is 26.0 Å². The van der Waals surface area contributed by atoms with E-state index in [1.54, 1.807) is 6.92 Å². The Bertz CT molecular complexity index is 1010. The summed E-state index contributed by atoms with van der Waals surface area (Å²) in [5, 5.41) is 15.9. The summed E-state index contributed by atoms with van der Waals surface area (Å²) in [5.74, 6) is -2.33. The largest absolute Gasteiger partial charge is 0.394 e. The minimum atomic E-state index is -1.12. The minimum absolute atomic E-state index is 0.0192. The molecule has 3 aliphatic rings. The van der Waals surface area contributed by atoms with Crippen LogP contribution in [-0.4, -0.2) is 64.2 Å². The molecule has 0 saturated carbocycles. The Morgan fingerprint density at radius 3 is 2.65 bits per heavy atom. The van der Waals surface area contributed by atoms with E-state index in [1.807, 2.05) is 52.8 Å². The highest BCUT2D eigenvalue weighted by molar-refractivity contribution is 6.04. The molecule has 0 radical (unpaired) electrons. The zero-order chi connectivity index (χ0) is 25.0. The maximum atomic E-state index is 13.9. The van der Waals surface area contributed by atoms with Crippen LogP contribution in [-0.2, 0) is 19.1 Å². The van der Waals surface area contributed by atoms with Crippen molar-refractivity contribution in [2.75, 3.05) is 18.5 Å². The number of aliphatic hydroxyl groups is 1. The quantitative estimate of drug-likeness (QED) is 0.565. The lowest BCUT2D eigenvalue weighted by atomic mass is 9.62. The fourth-order valence-corrected chi connectivity index (χ4v) is 6.37. The van der Waals surface area contributed by atoms with Crippen LogP contribution in [0.15, 0.2) is 18.2 Å². The highest BCUT2D eigenvalue weighted by atomic mass is 16.5. The van der Waals surface area contributed by atoms with Gasteiger partial charge in [0.05, 0.1) is 30.1 Å². The SMILES string of the molecule is CCCNC(=O)[C@H]1[C@H]2C(=O)N([C@H](C)CO)C(C(=O)Nc3cc(C)ccc3C)C23CC(C)[C@]1(C)O3. The number of fused-ring (bicyclic) bond motifs is 1. The lowest BCUT2D eigenvalue weighted by Gasteiger charge is -2.36. The molecular weight excluding hydrogens is 434 g/mol. The Kier molecular flexibility index (Phi) is 6.27. The number of likely N-dealkylation sites (tertiary alicyclic amines) is 1. The van der Waals surface area contributed by atoms with Gasteiger partial charge in [0.1, 0.15) is 11.6 Å². The van der Waals surface area contributed by atoms with E-state index in [9.17, 15) is 19.5 Å². The van der Waals surface area contributed by atoms with Crippen LogP contribution in [0.5, 0.6) is 0 Å². The van der Waals surface area contributed by atoms with Gasteiger partial charge in [-0.3, -0.25) is 14.4 Å². The summed E-state index contributed by atoms with van der Waals surface area (Å²) in [6.45, 7) is 11.7. The van der Waals surface area contributed by atoms with Gasteiger partial charge in [-0.05, 0) is 63.6 Å². The van der Waals surface area contributed by atoms with Crippen LogP contribution >= 0.6 is 0 Å². The van der Waals surface area contributed by atoms with Crippen molar-refractivity contribution < 1.29 is 24.2 Å². The van der Waals surface area contributed by atoms with Crippen LogP contribution in [0.4, 0.5) is 5.69 Å². The van der Waals surface area contributed by atoms with Crippen molar-refractivity contribution in [1.82, 2.24) is 10.2 Å². The smallest absolute Gasteiger partial charge is 0.250 e. The summed E-state index contributed by atoms with van der Waals surface area (Å²) in [4.78, 5) is 42.5. The van der Waals surface area contributed by atoms with E-state index in [1.165, 1.54) is 4.90 Å². The lowest BCUT2D eigenvalue weighted by molar-refractivity contribution is -0.148. The maximum Gasteiger partial charge on any atom is 0.250 e. The Morgan fingerprint density at radius 2 is 2.00 bits per heavy atom. The first-order valence-corrected chi connectivity index (χ1v) is 12.3. The van der Waals surface area contributed by atoms with Gasteiger partial charge in [-0.2, -0.15) is 0 Å². The number of nitrogens with one attached hydrogen (secondary N) is 2. The molecule has 8 nitrogen and oxygen atoms in total. The van der Waals surface area contributed by atoms with Gasteiger partial charge in [0.2, 0.25) is 17.7 Å². The standard InChI is InChI=1S/C26H37N3O5/c1-7-10-27-22(31)19-20-24(33)29(17(5)13-30)21(26(20)12-16(4)25(19,6)34-26)23(32)28-18-11-14(2)8-9-15(18)3/h8-9,11,16-17,19-21,30H,7,10,12-13H2,1-6H3,(H,27,31)(H,28,32)/t16?,17-,19-,20+,21?,25+,26?/m1/s1. The number of aliphatic hydroxyl groups excluding tert-OH is 1. The molecule has 4 rings (SSSR count). The number of rotatable bonds is 7. The van der Waals surface area contributed by atoms with E-state index in [0.717, 1.165) is 17.5 Å². The predicted molar refractivity (Wildman–Crippen MR) is 128 cm³/mol. The van der Waals surface area contributed by atoms with E-state index in [4.69, 9.17) is 4.74 Å². The van der Waals surface area contributed by atoms with Crippen LogP contribution < -0.4 is 10.6 Å². The molecule has 3 amide bonds. The summed E-state index contributed by atoms with van der Waals surface area (Å²) in [6.07, 6.45) is 1.28. The number of anilines is 1. The van der Waals surface area contributed by atoms with E-state index in [-0.39, 0.29) is 30.2 Å². The van der Waals surface area contributed by atoms with Crippen LogP contribution in [0.1, 0.15) is 51.7 Å². The summed E-state index contributed by atoms with van der Waals surface area (Å²) in [6, 6.07) is 4.28. The van der Waals surface area contributed by atoms with Crippen molar-refractivity contribution in [2.24, 2.45) is 17.8 Å². The topological polar surface area (TPSA) is 108 Å². The number of nitrogens with zero attached hydrogens (tertiary/aromatic N) is 1.